The van der Waals surface area contributed by atoms with Gasteiger partial charge in [0.05, 0.1) is 12.4 Å². The molecule has 0 bridgehead atoms. The van der Waals surface area contributed by atoms with E-state index in [1.54, 1.807) is 0 Å². The van der Waals surface area contributed by atoms with Crippen LogP contribution in [0.3, 0.4) is 0 Å². The van der Waals surface area contributed by atoms with Crippen molar-refractivity contribution in [1.82, 2.24) is 25.5 Å². The number of amides is 4. The van der Waals surface area contributed by atoms with E-state index in [2.05, 4.69) is 20.6 Å². The molecule has 2 fully saturated rings. The second-order valence-electron chi connectivity index (χ2n) is 10.1. The third-order valence-electron chi connectivity index (χ3n) is 7.13. The molecule has 1 aromatic heterocycles. The zero-order chi connectivity index (χ0) is 28.4. The van der Waals surface area contributed by atoms with Crippen LogP contribution in [-0.4, -0.2) is 68.7 Å². The van der Waals surface area contributed by atoms with Crippen LogP contribution >= 0.6 is 0 Å². The average molecular weight is 550 g/mol. The summed E-state index contributed by atoms with van der Waals surface area (Å²) in [6.07, 6.45) is 3.54. The Kier molecular flexibility index (Phi) is 8.23. The van der Waals surface area contributed by atoms with Gasteiger partial charge in [0, 0.05) is 42.9 Å². The fraction of sp³-hybridized carbons (Fsp3) is 0.480. The molecule has 1 aliphatic carbocycles. The van der Waals surface area contributed by atoms with Crippen molar-refractivity contribution in [2.45, 2.75) is 69.2 Å². The van der Waals surface area contributed by atoms with E-state index in [0.717, 1.165) is 6.42 Å². The lowest BCUT2D eigenvalue weighted by atomic mass is 10.0. The molecular weight excluding hydrogens is 519 g/mol. The van der Waals surface area contributed by atoms with Gasteiger partial charge in [-0.05, 0) is 43.7 Å². The Labute approximate surface area is 221 Å². The molecule has 39 heavy (non-hydrogen) atoms. The number of fused-ring (bicyclic) bond motifs is 1. The molecule has 14 heteroatoms. The lowest BCUT2D eigenvalue weighted by Gasteiger charge is -2.28. The molecule has 1 aliphatic heterocycles. The van der Waals surface area contributed by atoms with Crippen molar-refractivity contribution < 1.29 is 32.3 Å². The summed E-state index contributed by atoms with van der Waals surface area (Å²) < 4.78 is 41.7. The van der Waals surface area contributed by atoms with E-state index in [9.17, 15) is 32.3 Å². The van der Waals surface area contributed by atoms with Gasteiger partial charge in [-0.25, -0.2) is 18.2 Å². The van der Waals surface area contributed by atoms with Gasteiger partial charge in [0.1, 0.15) is 17.9 Å². The van der Waals surface area contributed by atoms with Crippen molar-refractivity contribution in [1.29, 1.82) is 0 Å². The lowest BCUT2D eigenvalue weighted by molar-refractivity contribution is -0.139. The Morgan fingerprint density at radius 3 is 2.46 bits per heavy atom. The van der Waals surface area contributed by atoms with Crippen LogP contribution in [0, 0.1) is 23.4 Å². The second kappa shape index (κ2) is 11.4. The van der Waals surface area contributed by atoms with Gasteiger partial charge in [0.2, 0.25) is 23.6 Å². The van der Waals surface area contributed by atoms with Gasteiger partial charge >= 0.3 is 0 Å². The highest BCUT2D eigenvalue weighted by Crippen LogP contribution is 2.48. The number of rotatable bonds is 11. The first-order chi connectivity index (χ1) is 18.4. The maximum absolute atomic E-state index is 14.4. The maximum atomic E-state index is 14.4. The number of primary amides is 1. The Hall–Kier alpha value is -3.94. The van der Waals surface area contributed by atoms with Gasteiger partial charge in [-0.15, -0.1) is 0 Å². The number of hydrogen-bond donors (Lipinski definition) is 5. The predicted molar refractivity (Wildman–Crippen MR) is 131 cm³/mol. The molecule has 2 aliphatic rings. The summed E-state index contributed by atoms with van der Waals surface area (Å²) in [5.41, 5.74) is 11.7. The number of nitrogens with one attached hydrogen (secondary N) is 3. The molecule has 1 aromatic carbocycles. The SMILES string of the molecule is CC(NC(=O)C(N)Cc1cnc[nH]1)C(=O)N[C@@H](CC(=O)N1C(C(N)=O)CC2CC21)Cc1cc(F)c(F)cc1F. The Morgan fingerprint density at radius 2 is 1.79 bits per heavy atom. The van der Waals surface area contributed by atoms with Crippen LogP contribution < -0.4 is 22.1 Å². The number of carbonyl (C=O) groups excluding carboxylic acids is 4. The summed E-state index contributed by atoms with van der Waals surface area (Å²) in [5, 5.41) is 5.07. The first-order valence-corrected chi connectivity index (χ1v) is 12.5. The number of aromatic nitrogens is 2. The van der Waals surface area contributed by atoms with Gasteiger partial charge in [-0.1, -0.05) is 0 Å². The smallest absolute Gasteiger partial charge is 0.242 e. The molecule has 5 unspecified atom stereocenters. The molecule has 6 atom stereocenters. The Morgan fingerprint density at radius 1 is 1.08 bits per heavy atom. The minimum atomic E-state index is -1.38. The second-order valence-corrected chi connectivity index (χ2v) is 10.1. The molecule has 0 radical (unpaired) electrons. The van der Waals surface area contributed by atoms with E-state index < -0.39 is 65.2 Å². The van der Waals surface area contributed by atoms with E-state index in [0.29, 0.717) is 24.2 Å². The highest BCUT2D eigenvalue weighted by Gasteiger charge is 2.55. The number of aromatic amines is 1. The molecule has 2 aromatic rings. The molecule has 2 heterocycles. The zero-order valence-electron chi connectivity index (χ0n) is 21.1. The number of carbonyl (C=O) groups is 4. The molecule has 210 valence electrons. The number of nitrogens with zero attached hydrogens (tertiary/aromatic N) is 2. The minimum Gasteiger partial charge on any atom is -0.368 e. The van der Waals surface area contributed by atoms with E-state index in [4.69, 9.17) is 11.5 Å². The van der Waals surface area contributed by atoms with Crippen LogP contribution in [0.5, 0.6) is 0 Å². The summed E-state index contributed by atoms with van der Waals surface area (Å²) in [7, 11) is 0. The summed E-state index contributed by atoms with van der Waals surface area (Å²) in [6, 6.07) is -3.04. The van der Waals surface area contributed by atoms with Crippen molar-refractivity contribution in [3.05, 3.63) is 53.4 Å². The summed E-state index contributed by atoms with van der Waals surface area (Å²) in [4.78, 5) is 58.6. The normalized spacial score (nSPS) is 22.0. The van der Waals surface area contributed by atoms with Crippen molar-refractivity contribution in [3.8, 4) is 0 Å². The van der Waals surface area contributed by atoms with Gasteiger partial charge in [0.25, 0.3) is 0 Å². The lowest BCUT2D eigenvalue weighted by Crippen LogP contribution is -2.54. The maximum Gasteiger partial charge on any atom is 0.242 e. The zero-order valence-corrected chi connectivity index (χ0v) is 21.1. The van der Waals surface area contributed by atoms with Crippen LogP contribution in [0.2, 0.25) is 0 Å². The summed E-state index contributed by atoms with van der Waals surface area (Å²) in [6.45, 7) is 1.39. The highest BCUT2D eigenvalue weighted by molar-refractivity contribution is 5.91. The van der Waals surface area contributed by atoms with Crippen LogP contribution in [0.4, 0.5) is 13.2 Å². The number of benzene rings is 1. The number of piperidine rings is 1. The number of likely N-dealkylation sites (tertiary alicyclic amines) is 1. The third kappa shape index (κ3) is 6.56. The molecular formula is C25H30F3N7O4. The number of halogens is 3. The van der Waals surface area contributed by atoms with Crippen LogP contribution in [0.1, 0.15) is 37.4 Å². The van der Waals surface area contributed by atoms with Gasteiger partial charge < -0.3 is 32.0 Å². The monoisotopic (exact) mass is 549 g/mol. The van der Waals surface area contributed by atoms with E-state index >= 15 is 0 Å². The van der Waals surface area contributed by atoms with E-state index in [1.807, 2.05) is 0 Å². The van der Waals surface area contributed by atoms with Crippen LogP contribution in [-0.2, 0) is 32.0 Å². The van der Waals surface area contributed by atoms with E-state index in [-0.39, 0.29) is 36.8 Å². The summed E-state index contributed by atoms with van der Waals surface area (Å²) in [5.74, 6) is -6.01. The quantitative estimate of drug-likeness (QED) is 0.242. The average Bonchev–Trinajstić information content (AvgIpc) is 3.24. The molecule has 11 nitrogen and oxygen atoms in total. The van der Waals surface area contributed by atoms with Gasteiger partial charge in [0.15, 0.2) is 11.6 Å². The van der Waals surface area contributed by atoms with E-state index in [1.165, 1.54) is 24.3 Å². The van der Waals surface area contributed by atoms with Gasteiger partial charge in [-0.2, -0.15) is 0 Å². The number of nitrogens with two attached hydrogens (primary N) is 2. The number of imidazole rings is 1. The molecule has 1 saturated heterocycles. The molecule has 1 saturated carbocycles. The van der Waals surface area contributed by atoms with Crippen LogP contribution in [0.15, 0.2) is 24.7 Å². The van der Waals surface area contributed by atoms with Crippen molar-refractivity contribution >= 4 is 23.6 Å². The van der Waals surface area contributed by atoms with Gasteiger partial charge in [-0.3, -0.25) is 19.2 Å². The molecule has 7 N–H and O–H groups in total. The van der Waals surface area contributed by atoms with Crippen LogP contribution in [0.25, 0.3) is 0 Å². The molecule has 4 amide bonds. The molecule has 4 rings (SSSR count). The topological polar surface area (TPSA) is 176 Å². The minimum absolute atomic E-state index is 0.138. The first-order valence-electron chi connectivity index (χ1n) is 12.5. The largest absolute Gasteiger partial charge is 0.368 e. The standard InChI is InChI=1S/C25H30F3N7O4/c1-11(33-25(39)19(29)6-15-9-31-10-32-15)24(38)34-14(2-12-3-17(27)18(28)8-16(12)26)7-22(36)35-20-4-13(20)5-21(35)23(30)37/h3,8-11,13-14,19-21H,2,4-7,29H2,1H3,(H2,30,37)(H,31,32)(H,33,39)(H,34,38)/t11?,13?,14-,19?,20?,21?/m1/s1. The fourth-order valence-corrected chi connectivity index (χ4v) is 4.98. The van der Waals surface area contributed by atoms with Crippen molar-refractivity contribution in [2.75, 3.05) is 0 Å². The highest BCUT2D eigenvalue weighted by atomic mass is 19.2. The number of hydrogen-bond acceptors (Lipinski definition) is 6. The Bertz CT molecular complexity index is 1260. The predicted octanol–water partition coefficient (Wildman–Crippen LogP) is -0.206. The summed E-state index contributed by atoms with van der Waals surface area (Å²) >= 11 is 0. The van der Waals surface area contributed by atoms with Crippen molar-refractivity contribution in [2.24, 2.45) is 17.4 Å². The number of H-pyrrole nitrogens is 1. The third-order valence-corrected chi connectivity index (χ3v) is 7.13. The molecule has 0 spiro atoms. The first kappa shape index (κ1) is 28.1. The fourth-order valence-electron chi connectivity index (χ4n) is 4.98. The Balaban J connectivity index is 1.45. The van der Waals surface area contributed by atoms with Crippen molar-refractivity contribution in [3.63, 3.8) is 0 Å².